The molecule has 2 heterocycles. The van der Waals surface area contributed by atoms with Crippen LogP contribution in [-0.2, 0) is 11.3 Å². The molecule has 4 rings (SSSR count). The minimum Gasteiger partial charge on any atom is -0.496 e. The lowest BCUT2D eigenvalue weighted by Crippen LogP contribution is -2.30. The second kappa shape index (κ2) is 8.36. The summed E-state index contributed by atoms with van der Waals surface area (Å²) < 4.78 is 7.54. The van der Waals surface area contributed by atoms with Crippen molar-refractivity contribution in [2.24, 2.45) is 0 Å². The van der Waals surface area contributed by atoms with E-state index in [-0.39, 0.29) is 11.2 Å². The van der Waals surface area contributed by atoms with Crippen molar-refractivity contribution in [1.82, 2.24) is 20.1 Å². The van der Waals surface area contributed by atoms with Crippen LogP contribution in [0.15, 0.2) is 46.9 Å². The van der Waals surface area contributed by atoms with E-state index < -0.39 is 0 Å². The summed E-state index contributed by atoms with van der Waals surface area (Å²) in [6.07, 6.45) is 2.27. The van der Waals surface area contributed by atoms with Crippen LogP contribution in [0.2, 0.25) is 0 Å². The van der Waals surface area contributed by atoms with Crippen molar-refractivity contribution < 1.29 is 9.53 Å². The van der Waals surface area contributed by atoms with Crippen LogP contribution in [0.25, 0.3) is 10.7 Å². The van der Waals surface area contributed by atoms with Crippen molar-refractivity contribution in [2.75, 3.05) is 7.11 Å². The zero-order valence-corrected chi connectivity index (χ0v) is 17.4. The first-order valence-corrected chi connectivity index (χ1v) is 11.0. The molecule has 1 fully saturated rings. The number of thioether (sulfide) groups is 1. The molecule has 28 heavy (non-hydrogen) atoms. The lowest BCUT2D eigenvalue weighted by Gasteiger charge is -2.14. The average molecular weight is 415 g/mol. The number of aromatic nitrogens is 3. The first-order chi connectivity index (χ1) is 13.7. The normalized spacial score (nSPS) is 14.6. The maximum absolute atomic E-state index is 12.6. The Morgan fingerprint density at radius 2 is 2.14 bits per heavy atom. The fourth-order valence-corrected chi connectivity index (χ4v) is 4.63. The van der Waals surface area contributed by atoms with Crippen LogP contribution in [0.4, 0.5) is 0 Å². The fourth-order valence-electron chi connectivity index (χ4n) is 2.98. The monoisotopic (exact) mass is 414 g/mol. The molecule has 1 N–H and O–H groups in total. The van der Waals surface area contributed by atoms with Gasteiger partial charge in [0.25, 0.3) is 0 Å². The Kier molecular flexibility index (Phi) is 5.68. The zero-order valence-electron chi connectivity index (χ0n) is 15.8. The van der Waals surface area contributed by atoms with Gasteiger partial charge in [0.15, 0.2) is 11.0 Å². The van der Waals surface area contributed by atoms with Gasteiger partial charge in [-0.25, -0.2) is 0 Å². The van der Waals surface area contributed by atoms with Crippen molar-refractivity contribution in [3.63, 3.8) is 0 Å². The second-order valence-corrected chi connectivity index (χ2v) is 8.93. The highest BCUT2D eigenvalue weighted by Gasteiger charge is 2.31. The lowest BCUT2D eigenvalue weighted by atomic mass is 10.2. The van der Waals surface area contributed by atoms with E-state index in [2.05, 4.69) is 26.1 Å². The van der Waals surface area contributed by atoms with Crippen molar-refractivity contribution in [3.8, 4) is 16.5 Å². The van der Waals surface area contributed by atoms with E-state index in [0.29, 0.717) is 12.6 Å². The van der Waals surface area contributed by atoms with E-state index in [0.717, 1.165) is 40.0 Å². The summed E-state index contributed by atoms with van der Waals surface area (Å²) in [5.74, 6) is 1.65. The van der Waals surface area contributed by atoms with Crippen LogP contribution in [0.3, 0.4) is 0 Å². The molecule has 1 atom stereocenters. The number of para-hydroxylation sites is 1. The first-order valence-electron chi connectivity index (χ1n) is 9.22. The predicted octanol–water partition coefficient (Wildman–Crippen LogP) is 4.15. The number of hydrogen-bond donors (Lipinski definition) is 1. The van der Waals surface area contributed by atoms with E-state index in [9.17, 15) is 4.79 Å². The van der Waals surface area contributed by atoms with E-state index in [1.807, 2.05) is 42.6 Å². The number of hydrogen-bond acceptors (Lipinski definition) is 6. The molecule has 1 aromatic carbocycles. The van der Waals surface area contributed by atoms with E-state index in [4.69, 9.17) is 4.74 Å². The quantitative estimate of drug-likeness (QED) is 0.561. The van der Waals surface area contributed by atoms with E-state index in [1.54, 1.807) is 18.4 Å². The number of carbonyl (C=O) groups is 1. The van der Waals surface area contributed by atoms with E-state index >= 15 is 0 Å². The van der Waals surface area contributed by atoms with Gasteiger partial charge in [0.1, 0.15) is 5.75 Å². The molecule has 1 amide bonds. The van der Waals surface area contributed by atoms with Gasteiger partial charge in [-0.15, -0.1) is 21.5 Å². The smallest absolute Gasteiger partial charge is 0.233 e. The second-order valence-electron chi connectivity index (χ2n) is 6.67. The van der Waals surface area contributed by atoms with Crippen LogP contribution in [0.1, 0.15) is 31.4 Å². The van der Waals surface area contributed by atoms with Crippen LogP contribution in [0.5, 0.6) is 5.75 Å². The zero-order chi connectivity index (χ0) is 19.5. The predicted molar refractivity (Wildman–Crippen MR) is 112 cm³/mol. The maximum Gasteiger partial charge on any atom is 0.233 e. The molecule has 0 bridgehead atoms. The molecule has 1 saturated carbocycles. The number of nitrogens with zero attached hydrogens (tertiary/aromatic N) is 3. The number of methoxy groups -OCH3 is 1. The third-order valence-corrected chi connectivity index (χ3v) is 6.54. The summed E-state index contributed by atoms with van der Waals surface area (Å²) in [7, 11) is 1.63. The van der Waals surface area contributed by atoms with Crippen LogP contribution < -0.4 is 10.1 Å². The number of thiophene rings is 1. The Bertz CT molecular complexity index is 951. The minimum absolute atomic E-state index is 0.0288. The Balaban J connectivity index is 1.43. The number of carbonyl (C=O) groups excluding carboxylic acids is 1. The molecule has 1 aliphatic rings. The first kappa shape index (κ1) is 19.0. The highest BCUT2D eigenvalue weighted by Crippen LogP contribution is 2.42. The minimum atomic E-state index is -0.271. The fraction of sp³-hybridized carbons (Fsp3) is 0.350. The molecule has 8 heteroatoms. The molecule has 2 aromatic heterocycles. The molecule has 0 aliphatic heterocycles. The van der Waals surface area contributed by atoms with Crippen molar-refractivity contribution in [1.29, 1.82) is 0 Å². The molecule has 146 valence electrons. The average Bonchev–Trinajstić information content (AvgIpc) is 3.24. The molecule has 3 aromatic rings. The number of nitrogens with one attached hydrogen (secondary N) is 1. The topological polar surface area (TPSA) is 69.0 Å². The van der Waals surface area contributed by atoms with Gasteiger partial charge in [0, 0.05) is 18.2 Å². The summed E-state index contributed by atoms with van der Waals surface area (Å²) in [6.45, 7) is 2.34. The third kappa shape index (κ3) is 4.07. The summed E-state index contributed by atoms with van der Waals surface area (Å²) in [5.41, 5.74) is 0.955. The van der Waals surface area contributed by atoms with Crippen LogP contribution in [0, 0.1) is 0 Å². The number of ether oxygens (including phenoxy) is 1. The maximum atomic E-state index is 12.6. The van der Waals surface area contributed by atoms with Crippen molar-refractivity contribution in [3.05, 3.63) is 47.3 Å². The van der Waals surface area contributed by atoms with Gasteiger partial charge in [-0.1, -0.05) is 36.0 Å². The number of benzene rings is 1. The summed E-state index contributed by atoms with van der Waals surface area (Å²) in [4.78, 5) is 13.7. The Morgan fingerprint density at radius 1 is 1.32 bits per heavy atom. The molecule has 0 saturated heterocycles. The molecule has 0 unspecified atom stereocenters. The molecule has 1 aliphatic carbocycles. The Hall–Kier alpha value is -2.32. The largest absolute Gasteiger partial charge is 0.496 e. The van der Waals surface area contributed by atoms with Gasteiger partial charge in [-0.05, 0) is 37.3 Å². The molecule has 6 nitrogen and oxygen atoms in total. The van der Waals surface area contributed by atoms with Gasteiger partial charge >= 0.3 is 0 Å². The Morgan fingerprint density at radius 3 is 2.86 bits per heavy atom. The SMILES string of the molecule is COc1ccccc1CNC(=O)[C@H](C)Sc1nnc(-c2cccs2)n1C1CC1. The van der Waals surface area contributed by atoms with Gasteiger partial charge in [-0.2, -0.15) is 0 Å². The molecular weight excluding hydrogens is 392 g/mol. The van der Waals surface area contributed by atoms with Crippen molar-refractivity contribution in [2.45, 2.75) is 42.8 Å². The lowest BCUT2D eigenvalue weighted by molar-refractivity contribution is -0.120. The van der Waals surface area contributed by atoms with E-state index in [1.165, 1.54) is 11.8 Å². The van der Waals surface area contributed by atoms with Gasteiger partial charge in [0.05, 0.1) is 17.2 Å². The summed E-state index contributed by atoms with van der Waals surface area (Å²) in [5, 5.41) is 14.4. The third-order valence-electron chi connectivity index (χ3n) is 4.62. The van der Waals surface area contributed by atoms with Crippen LogP contribution >= 0.6 is 23.1 Å². The summed E-state index contributed by atoms with van der Waals surface area (Å²) in [6, 6.07) is 12.2. The number of rotatable bonds is 8. The van der Waals surface area contributed by atoms with Gasteiger partial charge in [0.2, 0.25) is 5.91 Å². The van der Waals surface area contributed by atoms with Gasteiger partial charge < -0.3 is 10.1 Å². The number of amides is 1. The molecular formula is C20H22N4O2S2. The van der Waals surface area contributed by atoms with Crippen molar-refractivity contribution >= 4 is 29.0 Å². The summed E-state index contributed by atoms with van der Waals surface area (Å²) >= 11 is 3.12. The molecule has 0 radical (unpaired) electrons. The van der Waals surface area contributed by atoms with Crippen LogP contribution in [-0.4, -0.2) is 33.0 Å². The highest BCUT2D eigenvalue weighted by molar-refractivity contribution is 8.00. The Labute approximate surface area is 172 Å². The molecule has 0 spiro atoms. The highest BCUT2D eigenvalue weighted by atomic mass is 32.2. The van der Waals surface area contributed by atoms with Gasteiger partial charge in [-0.3, -0.25) is 9.36 Å². The standard InChI is InChI=1S/C20H22N4O2S2/c1-13(19(25)21-12-14-6-3-4-7-16(14)26-2)28-20-23-22-18(17-8-5-11-27-17)24(20)15-9-10-15/h3-8,11,13,15H,9-10,12H2,1-2H3,(H,21,25)/t13-/m0/s1.